The highest BCUT2D eigenvalue weighted by Crippen LogP contribution is 2.29. The van der Waals surface area contributed by atoms with Crippen LogP contribution in [0.4, 0.5) is 0 Å². The number of amides is 1. The number of hydrogen-bond donors (Lipinski definition) is 1. The molecule has 0 spiro atoms. The van der Waals surface area contributed by atoms with Crippen molar-refractivity contribution in [2.75, 3.05) is 13.2 Å². The summed E-state index contributed by atoms with van der Waals surface area (Å²) >= 11 is 0. The van der Waals surface area contributed by atoms with Gasteiger partial charge in [-0.05, 0) is 23.1 Å². The summed E-state index contributed by atoms with van der Waals surface area (Å²) in [5.74, 6) is 0.600. The lowest BCUT2D eigenvalue weighted by molar-refractivity contribution is 0.0944. The molecule has 0 radical (unpaired) electrons. The number of carbonyl (C=O) groups excluding carboxylic acids is 1. The van der Waals surface area contributed by atoms with Crippen molar-refractivity contribution in [3.05, 3.63) is 96.8 Å². The van der Waals surface area contributed by atoms with E-state index in [9.17, 15) is 4.79 Å². The lowest BCUT2D eigenvalue weighted by Gasteiger charge is -2.12. The van der Waals surface area contributed by atoms with Crippen LogP contribution in [0.1, 0.15) is 10.5 Å². The van der Waals surface area contributed by atoms with Gasteiger partial charge < -0.3 is 10.1 Å². The summed E-state index contributed by atoms with van der Waals surface area (Å²) in [4.78, 5) is 16.8. The first-order valence-electron chi connectivity index (χ1n) is 9.22. The first-order valence-corrected chi connectivity index (χ1v) is 9.22. The molecule has 0 atom stereocenters. The van der Waals surface area contributed by atoms with Crippen LogP contribution in [0.15, 0.2) is 91.1 Å². The molecule has 3 aromatic carbocycles. The van der Waals surface area contributed by atoms with Crippen molar-refractivity contribution in [1.82, 2.24) is 10.3 Å². The van der Waals surface area contributed by atoms with Gasteiger partial charge in [0.15, 0.2) is 0 Å². The maximum Gasteiger partial charge on any atom is 0.270 e. The van der Waals surface area contributed by atoms with Crippen molar-refractivity contribution >= 4 is 16.7 Å². The van der Waals surface area contributed by atoms with Crippen molar-refractivity contribution in [3.63, 3.8) is 0 Å². The number of ether oxygens (including phenoxy) is 1. The molecule has 1 amide bonds. The molecule has 0 saturated carbocycles. The summed E-state index contributed by atoms with van der Waals surface area (Å²) in [6, 6.07) is 27.6. The Labute approximate surface area is 163 Å². The highest BCUT2D eigenvalue weighted by molar-refractivity contribution is 6.05. The van der Waals surface area contributed by atoms with E-state index in [2.05, 4.69) is 22.4 Å². The van der Waals surface area contributed by atoms with Gasteiger partial charge in [0.25, 0.3) is 5.91 Å². The van der Waals surface area contributed by atoms with Gasteiger partial charge in [0.2, 0.25) is 0 Å². The molecule has 28 heavy (non-hydrogen) atoms. The zero-order valence-electron chi connectivity index (χ0n) is 15.3. The first kappa shape index (κ1) is 17.7. The molecule has 0 aliphatic rings. The summed E-state index contributed by atoms with van der Waals surface area (Å²) in [7, 11) is 0. The molecule has 0 aliphatic heterocycles. The number of hydrogen-bond acceptors (Lipinski definition) is 3. The summed E-state index contributed by atoms with van der Waals surface area (Å²) in [5.41, 5.74) is 2.56. The van der Waals surface area contributed by atoms with Crippen LogP contribution in [-0.2, 0) is 0 Å². The van der Waals surface area contributed by atoms with Gasteiger partial charge in [-0.3, -0.25) is 9.78 Å². The standard InChI is InChI=1S/C24H20N2O2/c27-24(23-21-12-5-4-10-19(21)14-15-25-23)26-16-17-28-22-13-7-6-11-20(22)18-8-2-1-3-9-18/h1-15H,16-17H2,(H,26,27). The quantitative estimate of drug-likeness (QED) is 0.502. The van der Waals surface area contributed by atoms with Crippen LogP contribution in [-0.4, -0.2) is 24.0 Å². The number of aromatic nitrogens is 1. The number of fused-ring (bicyclic) bond motifs is 1. The number of carbonyl (C=O) groups is 1. The second kappa shape index (κ2) is 8.35. The molecule has 0 fully saturated rings. The largest absolute Gasteiger partial charge is 0.491 e. The number of pyridine rings is 1. The molecule has 0 bridgehead atoms. The average Bonchev–Trinajstić information content (AvgIpc) is 2.77. The first-order chi connectivity index (χ1) is 13.8. The van der Waals surface area contributed by atoms with Gasteiger partial charge in [0.05, 0.1) is 6.54 Å². The second-order valence-electron chi connectivity index (χ2n) is 6.35. The second-order valence-corrected chi connectivity index (χ2v) is 6.35. The lowest BCUT2D eigenvalue weighted by Crippen LogP contribution is -2.29. The van der Waals surface area contributed by atoms with E-state index in [4.69, 9.17) is 4.74 Å². The fraction of sp³-hybridized carbons (Fsp3) is 0.0833. The van der Waals surface area contributed by atoms with E-state index in [1.165, 1.54) is 0 Å². The Kier molecular flexibility index (Phi) is 5.29. The number of para-hydroxylation sites is 1. The third-order valence-electron chi connectivity index (χ3n) is 4.51. The molecule has 1 heterocycles. The van der Waals surface area contributed by atoms with Gasteiger partial charge in [0, 0.05) is 17.1 Å². The lowest BCUT2D eigenvalue weighted by atomic mass is 10.1. The number of nitrogens with zero attached hydrogens (tertiary/aromatic N) is 1. The minimum Gasteiger partial charge on any atom is -0.491 e. The summed E-state index contributed by atoms with van der Waals surface area (Å²) in [5, 5.41) is 4.74. The normalized spacial score (nSPS) is 10.6. The molecule has 0 unspecified atom stereocenters. The van der Waals surface area contributed by atoms with Gasteiger partial charge >= 0.3 is 0 Å². The zero-order valence-corrected chi connectivity index (χ0v) is 15.3. The van der Waals surface area contributed by atoms with Gasteiger partial charge in [-0.1, -0.05) is 72.8 Å². The molecule has 138 valence electrons. The third kappa shape index (κ3) is 3.86. The topological polar surface area (TPSA) is 51.2 Å². The predicted molar refractivity (Wildman–Crippen MR) is 111 cm³/mol. The molecular formula is C24H20N2O2. The molecule has 4 nitrogen and oxygen atoms in total. The van der Waals surface area contributed by atoms with Gasteiger partial charge in [-0.15, -0.1) is 0 Å². The van der Waals surface area contributed by atoms with Gasteiger partial charge in [0.1, 0.15) is 18.1 Å². The Balaban J connectivity index is 1.40. The SMILES string of the molecule is O=C(NCCOc1ccccc1-c1ccccc1)c1nccc2ccccc12. The maximum absolute atomic E-state index is 12.5. The highest BCUT2D eigenvalue weighted by Gasteiger charge is 2.11. The van der Waals surface area contributed by atoms with Crippen molar-refractivity contribution in [2.24, 2.45) is 0 Å². The number of nitrogens with one attached hydrogen (secondary N) is 1. The number of benzene rings is 3. The van der Waals surface area contributed by atoms with Crippen molar-refractivity contribution < 1.29 is 9.53 Å². The highest BCUT2D eigenvalue weighted by atomic mass is 16.5. The van der Waals surface area contributed by atoms with Crippen molar-refractivity contribution in [2.45, 2.75) is 0 Å². The fourth-order valence-electron chi connectivity index (χ4n) is 3.16. The van der Waals surface area contributed by atoms with Crippen LogP contribution in [0, 0.1) is 0 Å². The molecular weight excluding hydrogens is 348 g/mol. The molecule has 4 heteroatoms. The summed E-state index contributed by atoms with van der Waals surface area (Å²) in [6.45, 7) is 0.771. The Morgan fingerprint density at radius 2 is 1.61 bits per heavy atom. The zero-order chi connectivity index (χ0) is 19.2. The van der Waals surface area contributed by atoms with Gasteiger partial charge in [-0.25, -0.2) is 0 Å². The molecule has 1 aromatic heterocycles. The molecule has 1 N–H and O–H groups in total. The molecule has 0 aliphatic carbocycles. The van der Waals surface area contributed by atoms with Crippen molar-refractivity contribution in [3.8, 4) is 16.9 Å². The Morgan fingerprint density at radius 1 is 0.857 bits per heavy atom. The summed E-state index contributed by atoms with van der Waals surface area (Å²) in [6.07, 6.45) is 1.66. The smallest absolute Gasteiger partial charge is 0.270 e. The van der Waals surface area contributed by atoms with Crippen LogP contribution in [0.3, 0.4) is 0 Å². The van der Waals surface area contributed by atoms with Crippen molar-refractivity contribution in [1.29, 1.82) is 0 Å². The fourth-order valence-corrected chi connectivity index (χ4v) is 3.16. The maximum atomic E-state index is 12.5. The van der Waals surface area contributed by atoms with E-state index in [-0.39, 0.29) is 5.91 Å². The van der Waals surface area contributed by atoms with Crippen LogP contribution >= 0.6 is 0 Å². The van der Waals surface area contributed by atoms with Crippen LogP contribution in [0.25, 0.3) is 21.9 Å². The predicted octanol–water partition coefficient (Wildman–Crippen LogP) is 4.71. The molecule has 4 rings (SSSR count). The molecule has 4 aromatic rings. The Hall–Kier alpha value is -3.66. The van der Waals surface area contributed by atoms with E-state index in [1.54, 1.807) is 6.20 Å². The monoisotopic (exact) mass is 368 g/mol. The number of rotatable bonds is 6. The Morgan fingerprint density at radius 3 is 2.50 bits per heavy atom. The van der Waals surface area contributed by atoms with Crippen LogP contribution in [0.5, 0.6) is 5.75 Å². The Bertz CT molecular complexity index is 1090. The third-order valence-corrected chi connectivity index (χ3v) is 4.51. The van der Waals surface area contributed by atoms with Crippen LogP contribution < -0.4 is 10.1 Å². The minimum absolute atomic E-state index is 0.197. The van der Waals surface area contributed by atoms with Crippen LogP contribution in [0.2, 0.25) is 0 Å². The van der Waals surface area contributed by atoms with E-state index >= 15 is 0 Å². The molecule has 0 saturated heterocycles. The van der Waals surface area contributed by atoms with E-state index in [1.807, 2.05) is 72.8 Å². The van der Waals surface area contributed by atoms with E-state index in [0.29, 0.717) is 18.8 Å². The van der Waals surface area contributed by atoms with Gasteiger partial charge in [-0.2, -0.15) is 0 Å². The average molecular weight is 368 g/mol. The minimum atomic E-state index is -0.197. The van der Waals surface area contributed by atoms with E-state index in [0.717, 1.165) is 27.6 Å². The summed E-state index contributed by atoms with van der Waals surface area (Å²) < 4.78 is 5.93. The van der Waals surface area contributed by atoms with E-state index < -0.39 is 0 Å².